The summed E-state index contributed by atoms with van der Waals surface area (Å²) < 4.78 is 87.5. The van der Waals surface area contributed by atoms with Crippen LogP contribution in [-0.2, 0) is 31.5 Å². The molecule has 0 spiro atoms. The number of phenolic OH excluding ortho intramolecular Hbond substituents is 1. The number of allylic oxidation sites excluding steroid dienone is 2. The largest absolute Gasteiger partial charge is 0.508 e. The van der Waals surface area contributed by atoms with E-state index in [1.807, 2.05) is 0 Å². The zero-order valence-electron chi connectivity index (χ0n) is 23.8. The number of carbonyl (C=O) groups excluding carboxylic acids is 4. The SMILES string of the molecule is COc1cccc(O)c1C1C2=CCC3C(=O)N(c4cc(C(F)(F)F)cc(C(F)(F)F)c4)C(=O)C3C2CC2(Cl)C(=O)N(CBr)C(=O)C12Cl. The van der Waals surface area contributed by atoms with Gasteiger partial charge in [-0.05, 0) is 49.1 Å². The number of aromatic hydroxyl groups is 1. The average Bonchev–Trinajstić information content (AvgIpc) is 3.33. The lowest BCUT2D eigenvalue weighted by Gasteiger charge is -2.50. The fraction of sp³-hybridized carbons (Fsp3) is 0.400. The van der Waals surface area contributed by atoms with E-state index in [-0.39, 0.29) is 47.0 Å². The predicted octanol–water partition coefficient (Wildman–Crippen LogP) is 6.35. The molecule has 6 rings (SSSR count). The molecule has 2 heterocycles. The van der Waals surface area contributed by atoms with Gasteiger partial charge in [0.05, 0.1) is 41.2 Å². The molecule has 0 aromatic heterocycles. The maximum atomic E-state index is 14.1. The van der Waals surface area contributed by atoms with E-state index in [2.05, 4.69) is 15.9 Å². The Morgan fingerprint density at radius 2 is 1.57 bits per heavy atom. The molecule has 3 fully saturated rings. The van der Waals surface area contributed by atoms with E-state index in [4.69, 9.17) is 27.9 Å². The molecule has 2 aliphatic heterocycles. The van der Waals surface area contributed by atoms with Gasteiger partial charge in [-0.25, -0.2) is 4.90 Å². The van der Waals surface area contributed by atoms with Crippen LogP contribution in [0.3, 0.4) is 0 Å². The number of hydrogen-bond acceptors (Lipinski definition) is 6. The van der Waals surface area contributed by atoms with Crippen molar-refractivity contribution in [2.24, 2.45) is 17.8 Å². The van der Waals surface area contributed by atoms with Crippen LogP contribution in [0.25, 0.3) is 0 Å². The van der Waals surface area contributed by atoms with Gasteiger partial charge in [-0.1, -0.05) is 33.6 Å². The molecule has 2 saturated heterocycles. The molecule has 0 bridgehead atoms. The number of amides is 4. The highest BCUT2D eigenvalue weighted by atomic mass is 79.9. The van der Waals surface area contributed by atoms with Crippen molar-refractivity contribution in [3.8, 4) is 11.5 Å². The fourth-order valence-electron chi connectivity index (χ4n) is 7.39. The second-order valence-corrected chi connectivity index (χ2v) is 13.4. The number of phenols is 1. The van der Waals surface area contributed by atoms with Crippen LogP contribution in [0.4, 0.5) is 32.0 Å². The van der Waals surface area contributed by atoms with E-state index in [0.29, 0.717) is 4.90 Å². The highest BCUT2D eigenvalue weighted by Gasteiger charge is 2.76. The van der Waals surface area contributed by atoms with Crippen molar-refractivity contribution in [3.05, 3.63) is 64.7 Å². The van der Waals surface area contributed by atoms with Gasteiger partial charge < -0.3 is 9.84 Å². The molecular weight excluding hydrogens is 749 g/mol. The highest BCUT2D eigenvalue weighted by molar-refractivity contribution is 9.09. The molecule has 2 aromatic carbocycles. The number of anilines is 1. The summed E-state index contributed by atoms with van der Waals surface area (Å²) >= 11 is 17.3. The average molecular weight is 770 g/mol. The first-order chi connectivity index (χ1) is 21.8. The zero-order valence-corrected chi connectivity index (χ0v) is 26.9. The molecule has 47 heavy (non-hydrogen) atoms. The van der Waals surface area contributed by atoms with Gasteiger partial charge in [-0.2, -0.15) is 26.3 Å². The van der Waals surface area contributed by atoms with Crippen molar-refractivity contribution in [1.29, 1.82) is 0 Å². The second-order valence-electron chi connectivity index (χ2n) is 11.7. The lowest BCUT2D eigenvalue weighted by Crippen LogP contribution is -2.60. The fourth-order valence-corrected chi connectivity index (χ4v) is 8.80. The minimum absolute atomic E-state index is 0.0364. The van der Waals surface area contributed by atoms with Gasteiger partial charge in [0.1, 0.15) is 11.5 Å². The van der Waals surface area contributed by atoms with Crippen molar-refractivity contribution in [2.75, 3.05) is 17.5 Å². The molecule has 2 aromatic rings. The molecule has 17 heteroatoms. The lowest BCUT2D eigenvalue weighted by molar-refractivity contribution is -0.143. The summed E-state index contributed by atoms with van der Waals surface area (Å²) in [4.78, 5) is 51.9. The third-order valence-corrected chi connectivity index (χ3v) is 11.3. The normalized spacial score (nSPS) is 30.7. The first kappa shape index (κ1) is 33.6. The van der Waals surface area contributed by atoms with E-state index in [1.54, 1.807) is 0 Å². The zero-order chi connectivity index (χ0) is 34.6. The third kappa shape index (κ3) is 4.62. The maximum Gasteiger partial charge on any atom is 0.416 e. The molecule has 6 atom stereocenters. The lowest BCUT2D eigenvalue weighted by atomic mass is 9.56. The van der Waals surface area contributed by atoms with E-state index in [1.165, 1.54) is 31.4 Å². The number of alkyl halides is 9. The van der Waals surface area contributed by atoms with Crippen LogP contribution >= 0.6 is 39.1 Å². The smallest absolute Gasteiger partial charge is 0.416 e. The maximum absolute atomic E-state index is 14.1. The Kier molecular flexibility index (Phi) is 7.76. The first-order valence-corrected chi connectivity index (χ1v) is 15.7. The van der Waals surface area contributed by atoms with Crippen LogP contribution in [0.5, 0.6) is 11.5 Å². The number of hydrogen-bond donors (Lipinski definition) is 1. The van der Waals surface area contributed by atoms with Gasteiger partial charge in [0.25, 0.3) is 11.8 Å². The summed E-state index contributed by atoms with van der Waals surface area (Å²) in [5.41, 5.74) is -4.54. The Labute approximate surface area is 280 Å². The predicted molar refractivity (Wildman–Crippen MR) is 157 cm³/mol. The number of methoxy groups -OCH3 is 1. The Morgan fingerprint density at radius 1 is 0.957 bits per heavy atom. The summed E-state index contributed by atoms with van der Waals surface area (Å²) in [6.45, 7) is 0. The van der Waals surface area contributed by atoms with Gasteiger partial charge in [0, 0.05) is 11.5 Å². The van der Waals surface area contributed by atoms with Gasteiger partial charge in [0.2, 0.25) is 11.8 Å². The molecular formula is C30H21BrCl2F6N2O6. The van der Waals surface area contributed by atoms with Gasteiger partial charge in [-0.3, -0.25) is 24.1 Å². The highest BCUT2D eigenvalue weighted by Crippen LogP contribution is 2.67. The standard InChI is InChI=1S/C30H21BrCl2F6N2O6/c1-47-19-4-2-3-18(42)21(19)22-15-5-6-16-20(17(15)10-27(32)25(45)40(11-31)26(46)28(22,27)33)24(44)41(23(16)43)14-8-12(29(34,35)36)7-13(9-14)30(37,38)39/h2-5,7-9,16-17,20,22,42H,6,10-11H2,1H3. The monoisotopic (exact) mass is 768 g/mol. The molecule has 6 unspecified atom stereocenters. The van der Waals surface area contributed by atoms with Gasteiger partial charge >= 0.3 is 12.4 Å². The quantitative estimate of drug-likeness (QED) is 0.128. The van der Waals surface area contributed by atoms with E-state index >= 15 is 0 Å². The summed E-state index contributed by atoms with van der Waals surface area (Å²) in [6, 6.07) is 4.60. The number of carbonyl (C=O) groups is 4. The third-order valence-electron chi connectivity index (χ3n) is 9.40. The minimum atomic E-state index is -5.25. The number of imide groups is 2. The Hall–Kier alpha value is -3.30. The van der Waals surface area contributed by atoms with Crippen LogP contribution in [0.2, 0.25) is 0 Å². The minimum Gasteiger partial charge on any atom is -0.508 e. The molecule has 4 amide bonds. The number of rotatable bonds is 4. The van der Waals surface area contributed by atoms with Crippen LogP contribution in [0.1, 0.15) is 35.4 Å². The van der Waals surface area contributed by atoms with E-state index in [9.17, 15) is 50.6 Å². The van der Waals surface area contributed by atoms with Crippen molar-refractivity contribution >= 4 is 68.4 Å². The summed E-state index contributed by atoms with van der Waals surface area (Å²) in [5, 5.41) is 11.1. The van der Waals surface area contributed by atoms with Crippen molar-refractivity contribution < 1.29 is 55.4 Å². The summed E-state index contributed by atoms with van der Waals surface area (Å²) in [7, 11) is 1.27. The van der Waals surface area contributed by atoms with Crippen LogP contribution < -0.4 is 9.64 Å². The number of likely N-dealkylation sites (tertiary alicyclic amines) is 1. The second kappa shape index (κ2) is 10.9. The van der Waals surface area contributed by atoms with Crippen molar-refractivity contribution in [1.82, 2.24) is 4.90 Å². The van der Waals surface area contributed by atoms with Crippen LogP contribution in [0, 0.1) is 17.8 Å². The van der Waals surface area contributed by atoms with Gasteiger partial charge in [0.15, 0.2) is 9.75 Å². The van der Waals surface area contributed by atoms with E-state index < -0.39 is 98.4 Å². The molecule has 1 N–H and O–H groups in total. The molecule has 4 aliphatic rings. The van der Waals surface area contributed by atoms with Crippen molar-refractivity contribution in [3.63, 3.8) is 0 Å². The molecule has 0 radical (unpaired) electrons. The Balaban J connectivity index is 1.53. The number of ether oxygens (including phenoxy) is 1. The van der Waals surface area contributed by atoms with Crippen LogP contribution in [-0.4, -0.2) is 55.9 Å². The number of benzene rings is 2. The molecule has 250 valence electrons. The molecule has 8 nitrogen and oxygen atoms in total. The van der Waals surface area contributed by atoms with Crippen molar-refractivity contribution in [2.45, 2.75) is 40.9 Å². The topological polar surface area (TPSA) is 104 Å². The Morgan fingerprint density at radius 3 is 2.13 bits per heavy atom. The molecule has 1 saturated carbocycles. The van der Waals surface area contributed by atoms with Gasteiger partial charge in [-0.15, -0.1) is 23.2 Å². The number of halogens is 9. The number of fused-ring (bicyclic) bond motifs is 4. The summed E-state index contributed by atoms with van der Waals surface area (Å²) in [6.07, 6.45) is -9.75. The Bertz CT molecular complexity index is 1750. The summed E-state index contributed by atoms with van der Waals surface area (Å²) in [5.74, 6) is -9.72. The molecule has 2 aliphatic carbocycles. The van der Waals surface area contributed by atoms with E-state index in [0.717, 1.165) is 4.90 Å². The number of nitrogens with zero attached hydrogens (tertiary/aromatic N) is 2. The van der Waals surface area contributed by atoms with Crippen LogP contribution in [0.15, 0.2) is 48.0 Å². The first-order valence-electron chi connectivity index (χ1n) is 13.9.